The molecular weight excluding hydrogens is 288 g/mol. The van der Waals surface area contributed by atoms with E-state index < -0.39 is 0 Å². The van der Waals surface area contributed by atoms with E-state index in [-0.39, 0.29) is 30.6 Å². The molecule has 2 rings (SSSR count). The number of hydrogen-bond donors (Lipinski definition) is 0. The van der Waals surface area contributed by atoms with Gasteiger partial charge in [0.1, 0.15) is 17.4 Å². The Labute approximate surface area is 128 Å². The number of anilines is 1. The predicted octanol–water partition coefficient (Wildman–Crippen LogP) is 3.79. The van der Waals surface area contributed by atoms with Crippen LogP contribution in [0.5, 0.6) is 5.75 Å². The highest BCUT2D eigenvalue weighted by molar-refractivity contribution is 5.93. The van der Waals surface area contributed by atoms with Crippen molar-refractivity contribution in [2.24, 2.45) is 0 Å². The lowest BCUT2D eigenvalue weighted by Crippen LogP contribution is -2.31. The van der Waals surface area contributed by atoms with Gasteiger partial charge in [-0.15, -0.1) is 0 Å². The Balaban J connectivity index is 1.89. The number of rotatable bonds is 6. The highest BCUT2D eigenvalue weighted by Crippen LogP contribution is 2.16. The summed E-state index contributed by atoms with van der Waals surface area (Å²) in [7, 11) is 0. The molecule has 5 heteroatoms. The second-order valence-corrected chi connectivity index (χ2v) is 4.67. The molecule has 0 aromatic heterocycles. The average molecular weight is 305 g/mol. The van der Waals surface area contributed by atoms with E-state index in [1.165, 1.54) is 36.4 Å². The third-order valence-corrected chi connectivity index (χ3v) is 3.15. The standard InChI is InChI=1S/C17H17F2NO2/c1-2-20(15-7-3-13(18)4-8-15)17(21)11-12-22-16-9-5-14(19)6-10-16/h3-10H,2,11-12H2,1H3. The molecule has 22 heavy (non-hydrogen) atoms. The lowest BCUT2D eigenvalue weighted by Gasteiger charge is -2.21. The minimum atomic E-state index is -0.341. The number of benzene rings is 2. The predicted molar refractivity (Wildman–Crippen MR) is 80.9 cm³/mol. The first-order valence-corrected chi connectivity index (χ1v) is 7.04. The first kappa shape index (κ1) is 15.9. The number of amides is 1. The van der Waals surface area contributed by atoms with Gasteiger partial charge in [-0.3, -0.25) is 4.79 Å². The van der Waals surface area contributed by atoms with Crippen molar-refractivity contribution in [2.45, 2.75) is 13.3 Å². The normalized spacial score (nSPS) is 10.3. The van der Waals surface area contributed by atoms with Crippen molar-refractivity contribution in [2.75, 3.05) is 18.1 Å². The van der Waals surface area contributed by atoms with Gasteiger partial charge in [0.05, 0.1) is 13.0 Å². The Morgan fingerprint density at radius 3 is 2.09 bits per heavy atom. The fourth-order valence-electron chi connectivity index (χ4n) is 2.05. The summed E-state index contributed by atoms with van der Waals surface area (Å²) in [5.74, 6) is -0.279. The van der Waals surface area contributed by atoms with E-state index in [2.05, 4.69) is 0 Å². The zero-order chi connectivity index (χ0) is 15.9. The van der Waals surface area contributed by atoms with Crippen LogP contribution in [0.2, 0.25) is 0 Å². The van der Waals surface area contributed by atoms with Crippen molar-refractivity contribution >= 4 is 11.6 Å². The molecule has 116 valence electrons. The van der Waals surface area contributed by atoms with Crippen LogP contribution in [0, 0.1) is 11.6 Å². The van der Waals surface area contributed by atoms with Gasteiger partial charge in [0.15, 0.2) is 0 Å². The third kappa shape index (κ3) is 4.28. The molecule has 0 heterocycles. The second kappa shape index (κ2) is 7.54. The van der Waals surface area contributed by atoms with Crippen molar-refractivity contribution in [3.8, 4) is 5.75 Å². The fraction of sp³-hybridized carbons (Fsp3) is 0.235. The minimum absolute atomic E-state index is 0.115. The first-order valence-electron chi connectivity index (χ1n) is 7.04. The van der Waals surface area contributed by atoms with Gasteiger partial charge in [-0.2, -0.15) is 0 Å². The van der Waals surface area contributed by atoms with Crippen molar-refractivity contribution in [3.05, 3.63) is 60.2 Å². The van der Waals surface area contributed by atoms with E-state index in [9.17, 15) is 13.6 Å². The van der Waals surface area contributed by atoms with Crippen molar-refractivity contribution in [1.82, 2.24) is 0 Å². The number of nitrogens with zero attached hydrogens (tertiary/aromatic N) is 1. The number of carbonyl (C=O) groups is 1. The van der Waals surface area contributed by atoms with Gasteiger partial charge in [-0.05, 0) is 55.5 Å². The summed E-state index contributed by atoms with van der Waals surface area (Å²) in [5.41, 5.74) is 0.649. The first-order chi connectivity index (χ1) is 10.6. The summed E-state index contributed by atoms with van der Waals surface area (Å²) in [6.45, 7) is 2.53. The lowest BCUT2D eigenvalue weighted by atomic mass is 10.2. The Morgan fingerprint density at radius 1 is 1.00 bits per heavy atom. The zero-order valence-electron chi connectivity index (χ0n) is 12.3. The molecule has 0 saturated heterocycles. The largest absolute Gasteiger partial charge is 0.493 e. The summed E-state index contributed by atoms with van der Waals surface area (Å²) < 4.78 is 31.1. The minimum Gasteiger partial charge on any atom is -0.493 e. The summed E-state index contributed by atoms with van der Waals surface area (Å²) in [6, 6.07) is 11.4. The summed E-state index contributed by atoms with van der Waals surface area (Å²) in [6.07, 6.45) is 0.183. The van der Waals surface area contributed by atoms with Crippen LogP contribution in [-0.4, -0.2) is 19.1 Å². The molecule has 2 aromatic carbocycles. The van der Waals surface area contributed by atoms with E-state index in [0.29, 0.717) is 18.0 Å². The molecule has 0 bridgehead atoms. The molecule has 0 aliphatic rings. The second-order valence-electron chi connectivity index (χ2n) is 4.67. The van der Waals surface area contributed by atoms with Crippen LogP contribution in [-0.2, 0) is 4.79 Å². The Kier molecular flexibility index (Phi) is 5.47. The average Bonchev–Trinajstić information content (AvgIpc) is 2.52. The van der Waals surface area contributed by atoms with Crippen LogP contribution in [0.1, 0.15) is 13.3 Å². The van der Waals surface area contributed by atoms with E-state index in [1.807, 2.05) is 6.92 Å². The van der Waals surface area contributed by atoms with E-state index >= 15 is 0 Å². The highest BCUT2D eigenvalue weighted by Gasteiger charge is 2.13. The van der Waals surface area contributed by atoms with Gasteiger partial charge in [0.2, 0.25) is 5.91 Å². The topological polar surface area (TPSA) is 29.5 Å². The maximum Gasteiger partial charge on any atom is 0.230 e. The van der Waals surface area contributed by atoms with E-state index in [1.54, 1.807) is 17.0 Å². The quantitative estimate of drug-likeness (QED) is 0.812. The molecule has 3 nitrogen and oxygen atoms in total. The summed E-state index contributed by atoms with van der Waals surface area (Å²) in [4.78, 5) is 13.8. The van der Waals surface area contributed by atoms with Gasteiger partial charge >= 0.3 is 0 Å². The summed E-state index contributed by atoms with van der Waals surface area (Å²) >= 11 is 0. The van der Waals surface area contributed by atoms with E-state index in [4.69, 9.17) is 4.74 Å². The molecule has 0 radical (unpaired) electrons. The van der Waals surface area contributed by atoms with E-state index in [0.717, 1.165) is 0 Å². The van der Waals surface area contributed by atoms with Crippen LogP contribution in [0.15, 0.2) is 48.5 Å². The third-order valence-electron chi connectivity index (χ3n) is 3.15. The van der Waals surface area contributed by atoms with Crippen LogP contribution < -0.4 is 9.64 Å². The molecule has 0 saturated carbocycles. The zero-order valence-corrected chi connectivity index (χ0v) is 12.3. The van der Waals surface area contributed by atoms with Crippen molar-refractivity contribution < 1.29 is 18.3 Å². The van der Waals surface area contributed by atoms with Crippen LogP contribution in [0.3, 0.4) is 0 Å². The molecule has 0 spiro atoms. The maximum absolute atomic E-state index is 12.9. The molecular formula is C17H17F2NO2. The van der Waals surface area contributed by atoms with Gasteiger partial charge in [0.25, 0.3) is 0 Å². The molecule has 0 aliphatic heterocycles. The van der Waals surface area contributed by atoms with Crippen molar-refractivity contribution in [1.29, 1.82) is 0 Å². The van der Waals surface area contributed by atoms with Gasteiger partial charge in [-0.25, -0.2) is 8.78 Å². The molecule has 0 N–H and O–H groups in total. The van der Waals surface area contributed by atoms with Crippen molar-refractivity contribution in [3.63, 3.8) is 0 Å². The number of carbonyl (C=O) groups excluding carboxylic acids is 1. The lowest BCUT2D eigenvalue weighted by molar-refractivity contribution is -0.119. The van der Waals surface area contributed by atoms with Gasteiger partial charge < -0.3 is 9.64 Å². The molecule has 0 fully saturated rings. The highest BCUT2D eigenvalue weighted by atomic mass is 19.1. The molecule has 0 atom stereocenters. The molecule has 2 aromatic rings. The fourth-order valence-corrected chi connectivity index (χ4v) is 2.05. The monoisotopic (exact) mass is 305 g/mol. The number of hydrogen-bond acceptors (Lipinski definition) is 2. The van der Waals surface area contributed by atoms with Crippen LogP contribution >= 0.6 is 0 Å². The van der Waals surface area contributed by atoms with Gasteiger partial charge in [-0.1, -0.05) is 0 Å². The van der Waals surface area contributed by atoms with Gasteiger partial charge in [0, 0.05) is 12.2 Å². The SMILES string of the molecule is CCN(C(=O)CCOc1ccc(F)cc1)c1ccc(F)cc1. The Hall–Kier alpha value is -2.43. The number of halogens is 2. The Morgan fingerprint density at radius 2 is 1.55 bits per heavy atom. The molecule has 1 amide bonds. The Bertz CT molecular complexity index is 612. The molecule has 0 unspecified atom stereocenters. The van der Waals surface area contributed by atoms with Crippen LogP contribution in [0.4, 0.5) is 14.5 Å². The maximum atomic E-state index is 12.9. The molecule has 0 aliphatic carbocycles. The summed E-state index contributed by atoms with van der Waals surface area (Å²) in [5, 5.41) is 0. The number of ether oxygens (including phenoxy) is 1. The smallest absolute Gasteiger partial charge is 0.230 e. The van der Waals surface area contributed by atoms with Crippen LogP contribution in [0.25, 0.3) is 0 Å².